The van der Waals surface area contributed by atoms with E-state index < -0.39 is 11.4 Å². The molecular formula is C11H10O3. The van der Waals surface area contributed by atoms with Gasteiger partial charge in [-0.1, -0.05) is 24.3 Å². The third-order valence-electron chi connectivity index (χ3n) is 3.18. The quantitative estimate of drug-likeness (QED) is 0.677. The van der Waals surface area contributed by atoms with Crippen molar-refractivity contribution in [2.24, 2.45) is 5.41 Å². The summed E-state index contributed by atoms with van der Waals surface area (Å²) in [6, 6.07) is 0. The van der Waals surface area contributed by atoms with Crippen molar-refractivity contribution in [2.45, 2.75) is 12.5 Å². The Bertz CT molecular complexity index is 403. The number of allylic oxidation sites excluding steroid dienone is 2. The molecule has 0 bridgehead atoms. The molecule has 72 valence electrons. The van der Waals surface area contributed by atoms with Gasteiger partial charge >= 0.3 is 5.97 Å². The first-order valence-electron chi connectivity index (χ1n) is 4.67. The van der Waals surface area contributed by atoms with Crippen LogP contribution in [0.15, 0.2) is 35.5 Å². The van der Waals surface area contributed by atoms with Gasteiger partial charge in [0.1, 0.15) is 11.5 Å². The number of hydrogen-bond acceptors (Lipinski definition) is 2. The highest BCUT2D eigenvalue weighted by Gasteiger charge is 2.60. The largest absolute Gasteiger partial charge is 0.481 e. The van der Waals surface area contributed by atoms with Crippen LogP contribution in [0.3, 0.4) is 0 Å². The van der Waals surface area contributed by atoms with Crippen LogP contribution in [0.5, 0.6) is 0 Å². The summed E-state index contributed by atoms with van der Waals surface area (Å²) in [6.45, 7) is 0.323. The highest BCUT2D eigenvalue weighted by atomic mass is 16.5. The smallest absolute Gasteiger partial charge is 0.316 e. The fourth-order valence-electron chi connectivity index (χ4n) is 2.21. The molecule has 0 amide bonds. The zero-order valence-electron chi connectivity index (χ0n) is 7.56. The van der Waals surface area contributed by atoms with Gasteiger partial charge in [-0.25, -0.2) is 0 Å². The molecule has 1 saturated carbocycles. The Kier molecular flexibility index (Phi) is 1.35. The summed E-state index contributed by atoms with van der Waals surface area (Å²) >= 11 is 0. The maximum Gasteiger partial charge on any atom is 0.316 e. The topological polar surface area (TPSA) is 46.5 Å². The van der Waals surface area contributed by atoms with E-state index in [0.717, 1.165) is 11.1 Å². The van der Waals surface area contributed by atoms with Crippen molar-refractivity contribution in [3.63, 3.8) is 0 Å². The van der Waals surface area contributed by atoms with Gasteiger partial charge in [0.05, 0.1) is 6.61 Å². The summed E-state index contributed by atoms with van der Waals surface area (Å²) < 4.78 is 5.52. The van der Waals surface area contributed by atoms with Crippen LogP contribution in [0, 0.1) is 5.41 Å². The van der Waals surface area contributed by atoms with Crippen LogP contribution in [-0.2, 0) is 9.53 Å². The molecule has 3 heteroatoms. The molecule has 0 radical (unpaired) electrons. The summed E-state index contributed by atoms with van der Waals surface area (Å²) in [5, 5.41) is 9.07. The van der Waals surface area contributed by atoms with Crippen LogP contribution >= 0.6 is 0 Å². The van der Waals surface area contributed by atoms with Gasteiger partial charge in [-0.15, -0.1) is 0 Å². The average Bonchev–Trinajstić information content (AvgIpc) is 2.94. The number of hydrogen-bond donors (Lipinski definition) is 1. The SMILES string of the molecule is O=C(O)C12COC3C=CC=CC3=C1C2. The number of carboxylic acid groups (broad SMARTS) is 1. The van der Waals surface area contributed by atoms with Gasteiger partial charge in [0.15, 0.2) is 0 Å². The molecule has 1 N–H and O–H groups in total. The Labute approximate surface area is 81.4 Å². The van der Waals surface area contributed by atoms with Gasteiger partial charge in [0.25, 0.3) is 0 Å². The first-order chi connectivity index (χ1) is 6.74. The molecule has 1 aliphatic heterocycles. The predicted octanol–water partition coefficient (Wildman–Crippen LogP) is 1.28. The van der Waals surface area contributed by atoms with E-state index in [1.54, 1.807) is 0 Å². The second-order valence-electron chi connectivity index (χ2n) is 3.97. The number of fused-ring (bicyclic) bond motifs is 2. The van der Waals surface area contributed by atoms with Crippen molar-refractivity contribution in [1.29, 1.82) is 0 Å². The lowest BCUT2D eigenvalue weighted by atomic mass is 9.96. The Hall–Kier alpha value is -1.35. The zero-order valence-corrected chi connectivity index (χ0v) is 7.56. The highest BCUT2D eigenvalue weighted by Crippen LogP contribution is 2.58. The van der Waals surface area contributed by atoms with Crippen LogP contribution in [0.25, 0.3) is 0 Å². The Morgan fingerprint density at radius 1 is 1.57 bits per heavy atom. The first kappa shape index (κ1) is 8.00. The summed E-state index contributed by atoms with van der Waals surface area (Å²) in [7, 11) is 0. The van der Waals surface area contributed by atoms with Crippen LogP contribution in [0.1, 0.15) is 6.42 Å². The number of aliphatic carboxylic acids is 1. The minimum absolute atomic E-state index is 0.00928. The van der Waals surface area contributed by atoms with E-state index in [2.05, 4.69) is 0 Å². The fourth-order valence-corrected chi connectivity index (χ4v) is 2.21. The second kappa shape index (κ2) is 2.36. The molecule has 3 rings (SSSR count). The van der Waals surface area contributed by atoms with Crippen LogP contribution in [0.4, 0.5) is 0 Å². The Morgan fingerprint density at radius 3 is 3.21 bits per heavy atom. The van der Waals surface area contributed by atoms with E-state index in [1.165, 1.54) is 0 Å². The minimum Gasteiger partial charge on any atom is -0.481 e. The van der Waals surface area contributed by atoms with E-state index in [9.17, 15) is 4.79 Å². The highest BCUT2D eigenvalue weighted by molar-refractivity contribution is 5.86. The van der Waals surface area contributed by atoms with Gasteiger partial charge in [-0.3, -0.25) is 4.79 Å². The molecule has 1 heterocycles. The molecule has 2 atom stereocenters. The van der Waals surface area contributed by atoms with Crippen molar-refractivity contribution in [3.8, 4) is 0 Å². The third-order valence-corrected chi connectivity index (χ3v) is 3.18. The average molecular weight is 190 g/mol. The molecule has 0 aromatic carbocycles. The number of ether oxygens (including phenoxy) is 1. The van der Waals surface area contributed by atoms with Crippen LogP contribution < -0.4 is 0 Å². The molecule has 3 aliphatic rings. The molecule has 2 aliphatic carbocycles. The first-order valence-corrected chi connectivity index (χ1v) is 4.67. The molecule has 3 nitrogen and oxygen atoms in total. The lowest BCUT2D eigenvalue weighted by Crippen LogP contribution is -2.30. The zero-order chi connectivity index (χ0) is 9.76. The van der Waals surface area contributed by atoms with E-state index in [4.69, 9.17) is 9.84 Å². The number of carbonyl (C=O) groups is 1. The van der Waals surface area contributed by atoms with E-state index in [0.29, 0.717) is 13.0 Å². The summed E-state index contributed by atoms with van der Waals surface area (Å²) in [4.78, 5) is 11.0. The van der Waals surface area contributed by atoms with Crippen molar-refractivity contribution in [2.75, 3.05) is 6.61 Å². The second-order valence-corrected chi connectivity index (χ2v) is 3.97. The molecule has 0 aromatic rings. The van der Waals surface area contributed by atoms with Gasteiger partial charge in [0.2, 0.25) is 0 Å². The van der Waals surface area contributed by atoms with Gasteiger partial charge in [0, 0.05) is 0 Å². The van der Waals surface area contributed by atoms with Gasteiger partial charge in [-0.05, 0) is 17.6 Å². The van der Waals surface area contributed by atoms with E-state index >= 15 is 0 Å². The molecule has 0 saturated heterocycles. The molecule has 0 spiro atoms. The summed E-state index contributed by atoms with van der Waals surface area (Å²) in [6.07, 6.45) is 8.44. The van der Waals surface area contributed by atoms with Crippen molar-refractivity contribution in [3.05, 3.63) is 35.5 Å². The van der Waals surface area contributed by atoms with Gasteiger partial charge < -0.3 is 9.84 Å². The molecule has 14 heavy (non-hydrogen) atoms. The normalized spacial score (nSPS) is 37.9. The molecule has 1 fully saturated rings. The Balaban J connectivity index is 2.06. The molecule has 0 aromatic heterocycles. The third kappa shape index (κ3) is 0.826. The summed E-state index contributed by atoms with van der Waals surface area (Å²) in [5.74, 6) is -0.749. The van der Waals surface area contributed by atoms with Gasteiger partial charge in [-0.2, -0.15) is 0 Å². The minimum atomic E-state index is -0.749. The lowest BCUT2D eigenvalue weighted by Gasteiger charge is -2.25. The number of rotatable bonds is 1. The van der Waals surface area contributed by atoms with E-state index in [-0.39, 0.29) is 6.10 Å². The fraction of sp³-hybridized carbons (Fsp3) is 0.364. The predicted molar refractivity (Wildman–Crippen MR) is 49.7 cm³/mol. The van der Waals surface area contributed by atoms with Crippen LogP contribution in [-0.4, -0.2) is 23.8 Å². The van der Waals surface area contributed by atoms with Crippen molar-refractivity contribution in [1.82, 2.24) is 0 Å². The molecular weight excluding hydrogens is 180 g/mol. The van der Waals surface area contributed by atoms with Crippen molar-refractivity contribution >= 4 is 5.97 Å². The van der Waals surface area contributed by atoms with Crippen LogP contribution in [0.2, 0.25) is 0 Å². The lowest BCUT2D eigenvalue weighted by molar-refractivity contribution is -0.145. The standard InChI is InChI=1S/C11H10O3/c12-10(13)11-5-8(11)7-3-1-2-4-9(7)14-6-11/h1-4,9H,5-6H2,(H,12,13). The number of carboxylic acids is 1. The van der Waals surface area contributed by atoms with Crippen molar-refractivity contribution < 1.29 is 14.6 Å². The van der Waals surface area contributed by atoms with E-state index in [1.807, 2.05) is 24.3 Å². The maximum absolute atomic E-state index is 11.0. The molecule has 2 unspecified atom stereocenters. The monoisotopic (exact) mass is 190 g/mol. The maximum atomic E-state index is 11.0. The Morgan fingerprint density at radius 2 is 2.43 bits per heavy atom. The summed E-state index contributed by atoms with van der Waals surface area (Å²) in [5.41, 5.74) is 1.43.